The average molecular weight is 558 g/mol. The Balaban J connectivity index is 1.34. The number of rotatable bonds is 11. The summed E-state index contributed by atoms with van der Waals surface area (Å²) in [4.78, 5) is 34.0. The van der Waals surface area contributed by atoms with Gasteiger partial charge >= 0.3 is 6.18 Å². The molecular formula is C25H23F4N9O2. The molecule has 2 N–H and O–H groups in total. The van der Waals surface area contributed by atoms with E-state index in [0.717, 1.165) is 23.2 Å². The normalized spacial score (nSPS) is 12.1. The number of anilines is 1. The third-order valence-electron chi connectivity index (χ3n) is 5.61. The van der Waals surface area contributed by atoms with E-state index in [4.69, 9.17) is 0 Å². The Morgan fingerprint density at radius 1 is 0.975 bits per heavy atom. The first-order chi connectivity index (χ1) is 19.2. The maximum absolute atomic E-state index is 15.0. The van der Waals surface area contributed by atoms with Crippen molar-refractivity contribution in [3.8, 4) is 0 Å². The van der Waals surface area contributed by atoms with Gasteiger partial charge in [0.1, 0.15) is 6.17 Å². The van der Waals surface area contributed by atoms with Gasteiger partial charge in [-0.3, -0.25) is 24.7 Å². The van der Waals surface area contributed by atoms with Gasteiger partial charge < -0.3 is 10.2 Å². The van der Waals surface area contributed by atoms with Crippen LogP contribution in [0.2, 0.25) is 0 Å². The Hall–Kier alpha value is -4.82. The smallest absolute Gasteiger partial charge is 0.328 e. The summed E-state index contributed by atoms with van der Waals surface area (Å²) < 4.78 is 54.4. The molecule has 0 radical (unpaired) electrons. The molecule has 0 aromatic carbocycles. The summed E-state index contributed by atoms with van der Waals surface area (Å²) in [6.45, 7) is -0.804. The molecule has 15 heteroatoms. The molecule has 1 unspecified atom stereocenters. The number of amides is 2. The first-order valence-corrected chi connectivity index (χ1v) is 12.0. The highest BCUT2D eigenvalue weighted by atomic mass is 19.4. The minimum atomic E-state index is -4.60. The summed E-state index contributed by atoms with van der Waals surface area (Å²) in [5, 5.41) is 20.0. The van der Waals surface area contributed by atoms with Gasteiger partial charge in [0.2, 0.25) is 5.91 Å². The molecule has 40 heavy (non-hydrogen) atoms. The average Bonchev–Trinajstić information content (AvgIpc) is 3.47. The fraction of sp³-hybridized carbons (Fsp3) is 0.280. The van der Waals surface area contributed by atoms with Crippen LogP contribution in [-0.2, 0) is 30.4 Å². The molecule has 0 aliphatic rings. The molecule has 0 saturated carbocycles. The van der Waals surface area contributed by atoms with Crippen molar-refractivity contribution in [3.05, 3.63) is 89.4 Å². The number of carbonyl (C=O) groups is 2. The molecule has 4 rings (SSSR count). The zero-order valence-corrected chi connectivity index (χ0v) is 20.8. The van der Waals surface area contributed by atoms with E-state index in [1.165, 1.54) is 12.3 Å². The van der Waals surface area contributed by atoms with Crippen LogP contribution in [0.15, 0.2) is 61.1 Å². The van der Waals surface area contributed by atoms with Crippen molar-refractivity contribution in [1.82, 2.24) is 40.5 Å². The van der Waals surface area contributed by atoms with Gasteiger partial charge in [0, 0.05) is 18.1 Å². The molecule has 4 aromatic heterocycles. The third-order valence-corrected chi connectivity index (χ3v) is 5.61. The number of carbonyl (C=O) groups excluding carboxylic acids is 2. The van der Waals surface area contributed by atoms with Gasteiger partial charge in [0.25, 0.3) is 5.91 Å². The van der Waals surface area contributed by atoms with Crippen LogP contribution in [0.5, 0.6) is 0 Å². The van der Waals surface area contributed by atoms with E-state index in [1.807, 2.05) is 0 Å². The Labute approximate surface area is 225 Å². The fourth-order valence-corrected chi connectivity index (χ4v) is 3.67. The molecule has 0 saturated heterocycles. The van der Waals surface area contributed by atoms with Crippen molar-refractivity contribution in [2.45, 2.75) is 38.2 Å². The monoisotopic (exact) mass is 557 g/mol. The van der Waals surface area contributed by atoms with Crippen LogP contribution in [0, 0.1) is 0 Å². The number of aryl methyl sites for hydroxylation is 1. The minimum absolute atomic E-state index is 0.0569. The first kappa shape index (κ1) is 28.2. The molecule has 2 amide bonds. The van der Waals surface area contributed by atoms with Crippen molar-refractivity contribution in [2.24, 2.45) is 0 Å². The highest BCUT2D eigenvalue weighted by Crippen LogP contribution is 2.29. The van der Waals surface area contributed by atoms with Crippen LogP contribution in [-0.4, -0.2) is 65.0 Å². The Kier molecular flexibility index (Phi) is 9.04. The van der Waals surface area contributed by atoms with Crippen molar-refractivity contribution < 1.29 is 27.2 Å². The summed E-state index contributed by atoms with van der Waals surface area (Å²) in [6, 6.07) is 9.97. The van der Waals surface area contributed by atoms with Crippen molar-refractivity contribution in [3.63, 3.8) is 0 Å². The van der Waals surface area contributed by atoms with E-state index in [9.17, 15) is 22.8 Å². The van der Waals surface area contributed by atoms with E-state index in [0.29, 0.717) is 11.4 Å². The zero-order valence-electron chi connectivity index (χ0n) is 20.8. The second-order valence-electron chi connectivity index (χ2n) is 8.67. The second-order valence-corrected chi connectivity index (χ2v) is 8.67. The number of hydrogen-bond acceptors (Lipinski definition) is 8. The van der Waals surface area contributed by atoms with E-state index in [1.54, 1.807) is 30.5 Å². The lowest BCUT2D eigenvalue weighted by molar-refractivity contribution is -0.137. The SMILES string of the molecule is O=C(Cc1ccccn1)Nc1ccc(CCC(F)CN(Cc2cc(C(F)(F)F)ccn2)C(=O)c2c[nH]nn2)nn1. The molecule has 4 heterocycles. The number of pyridine rings is 2. The number of aromatic amines is 1. The molecule has 11 nitrogen and oxygen atoms in total. The first-order valence-electron chi connectivity index (χ1n) is 12.0. The number of aromatic nitrogens is 7. The lowest BCUT2D eigenvalue weighted by Gasteiger charge is -2.23. The second kappa shape index (κ2) is 12.8. The topological polar surface area (TPSA) is 143 Å². The number of H-pyrrole nitrogens is 1. The van der Waals surface area contributed by atoms with Gasteiger partial charge in [-0.15, -0.1) is 10.2 Å². The number of halogens is 4. The van der Waals surface area contributed by atoms with Gasteiger partial charge in [-0.1, -0.05) is 11.3 Å². The number of nitrogens with one attached hydrogen (secondary N) is 2. The molecule has 208 valence electrons. The van der Waals surface area contributed by atoms with Crippen molar-refractivity contribution in [1.29, 1.82) is 0 Å². The summed E-state index contributed by atoms with van der Waals surface area (Å²) in [5.74, 6) is -0.822. The molecular weight excluding hydrogens is 534 g/mol. The van der Waals surface area contributed by atoms with Gasteiger partial charge in [0.05, 0.1) is 42.7 Å². The number of hydrogen-bond donors (Lipinski definition) is 2. The Morgan fingerprint density at radius 2 is 1.80 bits per heavy atom. The third kappa shape index (κ3) is 8.09. The molecule has 0 spiro atoms. The van der Waals surface area contributed by atoms with Crippen molar-refractivity contribution in [2.75, 3.05) is 11.9 Å². The molecule has 0 aliphatic heterocycles. The lowest BCUT2D eigenvalue weighted by Crippen LogP contribution is -2.36. The standard InChI is InChI=1S/C25H23F4N9O2/c26-17(4-5-18-6-7-22(36-34-18)33-23(39)12-19-3-1-2-9-30-19)14-38(24(40)21-13-32-37-35-21)15-20-11-16(8-10-31-20)25(27,28)29/h1-3,6-11,13,17H,4-5,12,14-15H2,(H,32,35,37)(H,33,36,39). The molecule has 0 aliphatic carbocycles. The predicted molar refractivity (Wildman–Crippen MR) is 132 cm³/mol. The van der Waals surface area contributed by atoms with Gasteiger partial charge in [-0.05, 0) is 49.2 Å². The summed E-state index contributed by atoms with van der Waals surface area (Å²) in [7, 11) is 0. The van der Waals surface area contributed by atoms with E-state index in [2.05, 4.69) is 40.9 Å². The maximum Gasteiger partial charge on any atom is 0.416 e. The van der Waals surface area contributed by atoms with Crippen LogP contribution in [0.3, 0.4) is 0 Å². The zero-order chi connectivity index (χ0) is 28.5. The maximum atomic E-state index is 15.0. The van der Waals surface area contributed by atoms with Gasteiger partial charge in [-0.25, -0.2) is 4.39 Å². The van der Waals surface area contributed by atoms with E-state index in [-0.39, 0.29) is 48.9 Å². The quantitative estimate of drug-likeness (QED) is 0.268. The van der Waals surface area contributed by atoms with Crippen LogP contribution in [0.4, 0.5) is 23.4 Å². The lowest BCUT2D eigenvalue weighted by atomic mass is 10.1. The highest BCUT2D eigenvalue weighted by molar-refractivity contribution is 5.92. The van der Waals surface area contributed by atoms with Gasteiger partial charge in [0.15, 0.2) is 11.5 Å². The molecule has 0 bridgehead atoms. The largest absolute Gasteiger partial charge is 0.416 e. The van der Waals surface area contributed by atoms with E-state index >= 15 is 4.39 Å². The van der Waals surface area contributed by atoms with E-state index < -0.39 is 30.4 Å². The van der Waals surface area contributed by atoms with Crippen LogP contribution in [0.1, 0.15) is 39.6 Å². The van der Waals surface area contributed by atoms with Crippen molar-refractivity contribution >= 4 is 17.6 Å². The highest BCUT2D eigenvalue weighted by Gasteiger charge is 2.31. The fourth-order valence-electron chi connectivity index (χ4n) is 3.67. The number of alkyl halides is 4. The van der Waals surface area contributed by atoms with Gasteiger partial charge in [-0.2, -0.15) is 18.3 Å². The summed E-state index contributed by atoms with van der Waals surface area (Å²) >= 11 is 0. The van der Waals surface area contributed by atoms with Crippen LogP contribution >= 0.6 is 0 Å². The Bertz CT molecular complexity index is 1400. The van der Waals surface area contributed by atoms with Crippen LogP contribution < -0.4 is 5.32 Å². The molecule has 1 atom stereocenters. The predicted octanol–water partition coefficient (Wildman–Crippen LogP) is 3.20. The Morgan fingerprint density at radius 3 is 2.48 bits per heavy atom. The number of nitrogens with zero attached hydrogens (tertiary/aromatic N) is 7. The summed E-state index contributed by atoms with van der Waals surface area (Å²) in [5.41, 5.74) is -0.0769. The molecule has 0 fully saturated rings. The van der Waals surface area contributed by atoms with Crippen LogP contribution in [0.25, 0.3) is 0 Å². The summed E-state index contributed by atoms with van der Waals surface area (Å²) in [6.07, 6.45) is -2.22. The molecule has 4 aromatic rings. The minimum Gasteiger partial charge on any atom is -0.328 e.